The Labute approximate surface area is 142 Å². The quantitative estimate of drug-likeness (QED) is 0.785. The molecule has 6 heteroatoms. The normalized spacial score (nSPS) is 12.0. The first-order valence-corrected chi connectivity index (χ1v) is 8.03. The van der Waals surface area contributed by atoms with Gasteiger partial charge in [0, 0.05) is 11.3 Å². The van der Waals surface area contributed by atoms with Crippen molar-refractivity contribution in [1.82, 2.24) is 9.78 Å². The SMILES string of the molecule is CCOC(=O)C(N)Cc1ccc(OC)c(Cn2nc(C)cc2C)c1. The monoisotopic (exact) mass is 331 g/mol. The van der Waals surface area contributed by atoms with E-state index in [0.29, 0.717) is 19.6 Å². The topological polar surface area (TPSA) is 79.4 Å². The molecular formula is C18H25N3O3. The summed E-state index contributed by atoms with van der Waals surface area (Å²) in [5.74, 6) is 0.407. The van der Waals surface area contributed by atoms with Crippen LogP contribution in [-0.4, -0.2) is 35.5 Å². The number of rotatable bonds is 7. The van der Waals surface area contributed by atoms with Crippen molar-refractivity contribution in [3.8, 4) is 5.75 Å². The fourth-order valence-electron chi connectivity index (χ4n) is 2.67. The molecule has 0 aliphatic rings. The van der Waals surface area contributed by atoms with Crippen LogP contribution >= 0.6 is 0 Å². The maximum Gasteiger partial charge on any atom is 0.323 e. The van der Waals surface area contributed by atoms with Gasteiger partial charge in [0.25, 0.3) is 0 Å². The lowest BCUT2D eigenvalue weighted by Gasteiger charge is -2.14. The van der Waals surface area contributed by atoms with E-state index >= 15 is 0 Å². The summed E-state index contributed by atoms with van der Waals surface area (Å²) in [6.45, 7) is 6.69. The summed E-state index contributed by atoms with van der Waals surface area (Å²) in [7, 11) is 1.64. The first kappa shape index (κ1) is 18.0. The number of esters is 1. The molecule has 1 heterocycles. The molecule has 0 saturated carbocycles. The maximum absolute atomic E-state index is 11.7. The Morgan fingerprint density at radius 3 is 2.67 bits per heavy atom. The number of nitrogens with two attached hydrogens (primary N) is 1. The molecule has 1 aromatic carbocycles. The van der Waals surface area contributed by atoms with Gasteiger partial charge >= 0.3 is 5.97 Å². The van der Waals surface area contributed by atoms with Crippen molar-refractivity contribution in [3.05, 3.63) is 46.8 Å². The molecule has 1 aromatic heterocycles. The minimum atomic E-state index is -0.667. The summed E-state index contributed by atoms with van der Waals surface area (Å²) in [6, 6.07) is 7.19. The zero-order valence-electron chi connectivity index (χ0n) is 14.7. The summed E-state index contributed by atoms with van der Waals surface area (Å²) in [4.78, 5) is 11.7. The highest BCUT2D eigenvalue weighted by Crippen LogP contribution is 2.22. The van der Waals surface area contributed by atoms with Gasteiger partial charge in [-0.05, 0) is 44.9 Å². The molecule has 0 aliphatic heterocycles. The van der Waals surface area contributed by atoms with Crippen molar-refractivity contribution in [3.63, 3.8) is 0 Å². The predicted molar refractivity (Wildman–Crippen MR) is 92.1 cm³/mol. The molecule has 2 rings (SSSR count). The highest BCUT2D eigenvalue weighted by Gasteiger charge is 2.16. The molecule has 0 amide bonds. The molecule has 0 spiro atoms. The van der Waals surface area contributed by atoms with Gasteiger partial charge in [0.2, 0.25) is 0 Å². The second-order valence-corrected chi connectivity index (χ2v) is 5.79. The number of hydrogen-bond donors (Lipinski definition) is 1. The average molecular weight is 331 g/mol. The Balaban J connectivity index is 2.21. The van der Waals surface area contributed by atoms with Crippen LogP contribution in [-0.2, 0) is 22.5 Å². The maximum atomic E-state index is 11.7. The van der Waals surface area contributed by atoms with E-state index in [1.165, 1.54) is 0 Å². The Kier molecular flexibility index (Phi) is 5.98. The third-order valence-corrected chi connectivity index (χ3v) is 3.81. The van der Waals surface area contributed by atoms with Crippen molar-refractivity contribution in [2.45, 2.75) is 39.8 Å². The van der Waals surface area contributed by atoms with E-state index in [0.717, 1.165) is 28.3 Å². The second kappa shape index (κ2) is 7.97. The van der Waals surface area contributed by atoms with E-state index < -0.39 is 6.04 Å². The van der Waals surface area contributed by atoms with E-state index in [-0.39, 0.29) is 5.97 Å². The molecule has 1 unspecified atom stereocenters. The van der Waals surface area contributed by atoms with E-state index in [1.54, 1.807) is 14.0 Å². The average Bonchev–Trinajstić information content (AvgIpc) is 2.85. The van der Waals surface area contributed by atoms with Crippen LogP contribution in [0.4, 0.5) is 0 Å². The number of aromatic nitrogens is 2. The summed E-state index contributed by atoms with van der Waals surface area (Å²) < 4.78 is 12.3. The van der Waals surface area contributed by atoms with E-state index in [4.69, 9.17) is 15.2 Å². The number of hydrogen-bond acceptors (Lipinski definition) is 5. The number of nitrogens with zero attached hydrogens (tertiary/aromatic N) is 2. The number of ether oxygens (including phenoxy) is 2. The molecule has 0 radical (unpaired) electrons. The number of carbonyl (C=O) groups excluding carboxylic acids is 1. The van der Waals surface area contributed by atoms with E-state index in [1.807, 2.05) is 42.8 Å². The summed E-state index contributed by atoms with van der Waals surface area (Å²) in [5.41, 5.74) is 9.94. The molecule has 6 nitrogen and oxygen atoms in total. The van der Waals surface area contributed by atoms with Crippen LogP contribution < -0.4 is 10.5 Å². The smallest absolute Gasteiger partial charge is 0.323 e. The Morgan fingerprint density at radius 2 is 2.08 bits per heavy atom. The van der Waals surface area contributed by atoms with Gasteiger partial charge in [-0.15, -0.1) is 0 Å². The molecule has 0 aliphatic carbocycles. The van der Waals surface area contributed by atoms with Gasteiger partial charge in [-0.25, -0.2) is 0 Å². The van der Waals surface area contributed by atoms with Crippen LogP contribution in [0.15, 0.2) is 24.3 Å². The lowest BCUT2D eigenvalue weighted by molar-refractivity contribution is -0.144. The number of methoxy groups -OCH3 is 1. The summed E-state index contributed by atoms with van der Waals surface area (Å²) in [5, 5.41) is 4.49. The van der Waals surface area contributed by atoms with Gasteiger partial charge < -0.3 is 15.2 Å². The van der Waals surface area contributed by atoms with Crippen molar-refractivity contribution in [2.75, 3.05) is 13.7 Å². The van der Waals surface area contributed by atoms with Gasteiger partial charge in [-0.3, -0.25) is 9.48 Å². The Morgan fingerprint density at radius 1 is 1.33 bits per heavy atom. The van der Waals surface area contributed by atoms with Crippen molar-refractivity contribution in [1.29, 1.82) is 0 Å². The molecule has 0 fully saturated rings. The zero-order chi connectivity index (χ0) is 17.7. The Bertz CT molecular complexity index is 710. The van der Waals surface area contributed by atoms with Crippen LogP contribution in [0.1, 0.15) is 29.4 Å². The third-order valence-electron chi connectivity index (χ3n) is 3.81. The fraction of sp³-hybridized carbons (Fsp3) is 0.444. The lowest BCUT2D eigenvalue weighted by atomic mass is 10.0. The highest BCUT2D eigenvalue weighted by molar-refractivity contribution is 5.75. The molecule has 2 aromatic rings. The largest absolute Gasteiger partial charge is 0.496 e. The van der Waals surface area contributed by atoms with Gasteiger partial charge in [0.05, 0.1) is 26.0 Å². The molecular weight excluding hydrogens is 306 g/mol. The Hall–Kier alpha value is -2.34. The van der Waals surface area contributed by atoms with Crippen molar-refractivity contribution < 1.29 is 14.3 Å². The predicted octanol–water partition coefficient (Wildman–Crippen LogP) is 1.99. The standard InChI is InChI=1S/C18H25N3O3/c1-5-24-18(22)16(19)10-14-6-7-17(23-4)15(9-14)11-21-13(3)8-12(2)20-21/h6-9,16H,5,10-11,19H2,1-4H3. The van der Waals surface area contributed by atoms with Gasteiger partial charge in [-0.2, -0.15) is 5.10 Å². The molecule has 2 N–H and O–H groups in total. The van der Waals surface area contributed by atoms with Crippen molar-refractivity contribution >= 4 is 5.97 Å². The fourth-order valence-corrected chi connectivity index (χ4v) is 2.67. The zero-order valence-corrected chi connectivity index (χ0v) is 14.7. The van der Waals surface area contributed by atoms with Gasteiger partial charge in [0.1, 0.15) is 11.8 Å². The molecule has 0 bridgehead atoms. The van der Waals surface area contributed by atoms with Crippen LogP contribution in [0.3, 0.4) is 0 Å². The van der Waals surface area contributed by atoms with Gasteiger partial charge in [0.15, 0.2) is 0 Å². The van der Waals surface area contributed by atoms with E-state index in [9.17, 15) is 4.79 Å². The number of carbonyl (C=O) groups is 1. The van der Waals surface area contributed by atoms with Gasteiger partial charge in [-0.1, -0.05) is 12.1 Å². The van der Waals surface area contributed by atoms with Crippen LogP contribution in [0.25, 0.3) is 0 Å². The molecule has 1 atom stereocenters. The van der Waals surface area contributed by atoms with Crippen LogP contribution in [0, 0.1) is 13.8 Å². The molecule has 0 saturated heterocycles. The lowest BCUT2D eigenvalue weighted by Crippen LogP contribution is -2.34. The summed E-state index contributed by atoms with van der Waals surface area (Å²) >= 11 is 0. The van der Waals surface area contributed by atoms with Crippen LogP contribution in [0.5, 0.6) is 5.75 Å². The highest BCUT2D eigenvalue weighted by atomic mass is 16.5. The van der Waals surface area contributed by atoms with E-state index in [2.05, 4.69) is 5.10 Å². The third kappa shape index (κ3) is 4.35. The minimum Gasteiger partial charge on any atom is -0.496 e. The molecule has 24 heavy (non-hydrogen) atoms. The minimum absolute atomic E-state index is 0.332. The first-order chi connectivity index (χ1) is 11.4. The summed E-state index contributed by atoms with van der Waals surface area (Å²) in [6.07, 6.45) is 0.424. The number of aryl methyl sites for hydroxylation is 2. The first-order valence-electron chi connectivity index (χ1n) is 8.03. The number of benzene rings is 1. The van der Waals surface area contributed by atoms with Crippen LogP contribution in [0.2, 0.25) is 0 Å². The molecule has 130 valence electrons. The second-order valence-electron chi connectivity index (χ2n) is 5.79. The van der Waals surface area contributed by atoms with Crippen molar-refractivity contribution in [2.24, 2.45) is 5.73 Å².